The first-order chi connectivity index (χ1) is 5.91. The van der Waals surface area contributed by atoms with Gasteiger partial charge in [0.2, 0.25) is 5.91 Å². The third-order valence-electron chi connectivity index (χ3n) is 1.23. The maximum Gasteiger partial charge on any atom is 0.317 e. The van der Waals surface area contributed by atoms with Crippen LogP contribution in [0.15, 0.2) is 12.2 Å². The van der Waals surface area contributed by atoms with Gasteiger partial charge in [-0.3, -0.25) is 14.5 Å². The van der Waals surface area contributed by atoms with Crippen molar-refractivity contribution in [1.82, 2.24) is 4.90 Å². The van der Waals surface area contributed by atoms with Gasteiger partial charge in [0.25, 0.3) is 0 Å². The number of carboxylic acid groups (broad SMARTS) is 1. The van der Waals surface area contributed by atoms with E-state index in [1.54, 1.807) is 6.92 Å². The van der Waals surface area contributed by atoms with Crippen molar-refractivity contribution in [3.05, 3.63) is 12.2 Å². The molecular weight excluding hydrogens is 172 g/mol. The van der Waals surface area contributed by atoms with Crippen LogP contribution in [-0.4, -0.2) is 41.5 Å². The molecule has 5 heteroatoms. The molecule has 0 saturated heterocycles. The van der Waals surface area contributed by atoms with Gasteiger partial charge in [-0.25, -0.2) is 0 Å². The fourth-order valence-electron chi connectivity index (χ4n) is 0.961. The third-order valence-corrected chi connectivity index (χ3v) is 1.23. The van der Waals surface area contributed by atoms with Crippen molar-refractivity contribution in [2.75, 3.05) is 19.6 Å². The van der Waals surface area contributed by atoms with Crippen molar-refractivity contribution in [2.45, 2.75) is 6.92 Å². The molecule has 0 unspecified atom stereocenters. The minimum absolute atomic E-state index is 0.0564. The fraction of sp³-hybridized carbons (Fsp3) is 0.500. The van der Waals surface area contributed by atoms with Gasteiger partial charge in [0.1, 0.15) is 0 Å². The second-order valence-electron chi connectivity index (χ2n) is 2.96. The first-order valence-electron chi connectivity index (χ1n) is 3.78. The normalized spacial score (nSPS) is 10.0. The maximum atomic E-state index is 10.5. The summed E-state index contributed by atoms with van der Waals surface area (Å²) in [7, 11) is 0. The average molecular weight is 186 g/mol. The number of carbonyl (C=O) groups is 2. The Morgan fingerprint density at radius 1 is 1.38 bits per heavy atom. The van der Waals surface area contributed by atoms with E-state index in [1.165, 1.54) is 4.90 Å². The number of primary amides is 1. The van der Waals surface area contributed by atoms with Crippen LogP contribution in [0.5, 0.6) is 0 Å². The van der Waals surface area contributed by atoms with Gasteiger partial charge in [-0.1, -0.05) is 12.2 Å². The number of carbonyl (C=O) groups excluding carboxylic acids is 1. The number of aliphatic carboxylic acids is 1. The van der Waals surface area contributed by atoms with Crippen molar-refractivity contribution in [1.29, 1.82) is 0 Å². The number of rotatable bonds is 6. The largest absolute Gasteiger partial charge is 0.480 e. The molecule has 0 aliphatic carbocycles. The number of amides is 1. The number of hydrogen-bond donors (Lipinski definition) is 2. The van der Waals surface area contributed by atoms with E-state index < -0.39 is 11.9 Å². The van der Waals surface area contributed by atoms with Crippen molar-refractivity contribution >= 4 is 11.9 Å². The number of nitrogens with zero attached hydrogens (tertiary/aromatic N) is 1. The van der Waals surface area contributed by atoms with E-state index >= 15 is 0 Å². The molecule has 0 fully saturated rings. The van der Waals surface area contributed by atoms with E-state index in [4.69, 9.17) is 10.8 Å². The zero-order chi connectivity index (χ0) is 10.4. The lowest BCUT2D eigenvalue weighted by Gasteiger charge is -2.17. The van der Waals surface area contributed by atoms with Crippen LogP contribution >= 0.6 is 0 Å². The van der Waals surface area contributed by atoms with Crippen molar-refractivity contribution < 1.29 is 14.7 Å². The van der Waals surface area contributed by atoms with Crippen LogP contribution in [0.4, 0.5) is 0 Å². The van der Waals surface area contributed by atoms with Gasteiger partial charge in [-0.2, -0.15) is 0 Å². The summed E-state index contributed by atoms with van der Waals surface area (Å²) in [5.74, 6) is -1.52. The molecule has 0 spiro atoms. The predicted octanol–water partition coefficient (Wildman–Crippen LogP) is -0.566. The summed E-state index contributed by atoms with van der Waals surface area (Å²) in [4.78, 5) is 22.3. The topological polar surface area (TPSA) is 83.6 Å². The highest BCUT2D eigenvalue weighted by Gasteiger charge is 2.11. The Balaban J connectivity index is 4.10. The van der Waals surface area contributed by atoms with Gasteiger partial charge >= 0.3 is 5.97 Å². The minimum atomic E-state index is -0.984. The van der Waals surface area contributed by atoms with E-state index in [1.807, 2.05) is 0 Å². The summed E-state index contributed by atoms with van der Waals surface area (Å²) < 4.78 is 0. The molecule has 74 valence electrons. The van der Waals surface area contributed by atoms with Crippen LogP contribution in [0.3, 0.4) is 0 Å². The summed E-state index contributed by atoms with van der Waals surface area (Å²) in [6.07, 6.45) is 0. The summed E-state index contributed by atoms with van der Waals surface area (Å²) in [5, 5.41) is 8.49. The third kappa shape index (κ3) is 7.02. The SMILES string of the molecule is C=C(C)CN(CC(N)=O)CC(=O)O. The van der Waals surface area contributed by atoms with Crippen molar-refractivity contribution in [3.63, 3.8) is 0 Å². The lowest BCUT2D eigenvalue weighted by atomic mass is 10.3. The molecule has 5 nitrogen and oxygen atoms in total. The van der Waals surface area contributed by atoms with Crippen molar-refractivity contribution in [3.8, 4) is 0 Å². The fourth-order valence-corrected chi connectivity index (χ4v) is 0.961. The molecule has 0 heterocycles. The molecule has 0 radical (unpaired) electrons. The standard InChI is InChI=1S/C8H14N2O3/c1-6(2)3-10(4-7(9)11)5-8(12)13/h1,3-5H2,2H3,(H2,9,11)(H,12,13). The highest BCUT2D eigenvalue weighted by Crippen LogP contribution is 1.94. The molecule has 0 saturated carbocycles. The number of hydrogen-bond acceptors (Lipinski definition) is 3. The molecule has 13 heavy (non-hydrogen) atoms. The zero-order valence-electron chi connectivity index (χ0n) is 7.62. The van der Waals surface area contributed by atoms with Gasteiger partial charge in [0.15, 0.2) is 0 Å². The van der Waals surface area contributed by atoms with E-state index in [0.29, 0.717) is 6.54 Å². The molecule has 0 bridgehead atoms. The molecule has 0 rings (SSSR count). The Hall–Kier alpha value is -1.36. The maximum absolute atomic E-state index is 10.5. The van der Waals surface area contributed by atoms with E-state index in [0.717, 1.165) is 5.57 Å². The molecule has 0 aliphatic rings. The van der Waals surface area contributed by atoms with Crippen molar-refractivity contribution in [2.24, 2.45) is 5.73 Å². The quantitative estimate of drug-likeness (QED) is 0.544. The Morgan fingerprint density at radius 3 is 2.23 bits per heavy atom. The Kier molecular flexibility index (Phi) is 4.76. The molecule has 3 N–H and O–H groups in total. The summed E-state index contributed by atoms with van der Waals surface area (Å²) in [6, 6.07) is 0. The van der Waals surface area contributed by atoms with Gasteiger partial charge in [-0.05, 0) is 6.92 Å². The second-order valence-corrected chi connectivity index (χ2v) is 2.96. The van der Waals surface area contributed by atoms with Crippen LogP contribution in [0.25, 0.3) is 0 Å². The summed E-state index contributed by atoms with van der Waals surface area (Å²) >= 11 is 0. The monoisotopic (exact) mass is 186 g/mol. The lowest BCUT2D eigenvalue weighted by Crippen LogP contribution is -2.38. The molecule has 0 atom stereocenters. The van der Waals surface area contributed by atoms with E-state index in [2.05, 4.69) is 6.58 Å². The molecule has 0 aromatic heterocycles. The first kappa shape index (κ1) is 11.6. The zero-order valence-corrected chi connectivity index (χ0v) is 7.62. The van der Waals surface area contributed by atoms with Crippen LogP contribution in [0, 0.1) is 0 Å². The van der Waals surface area contributed by atoms with E-state index in [-0.39, 0.29) is 13.1 Å². The first-order valence-corrected chi connectivity index (χ1v) is 3.78. The molecule has 0 aliphatic heterocycles. The van der Waals surface area contributed by atoms with Crippen LogP contribution in [0.2, 0.25) is 0 Å². The molecule has 1 amide bonds. The smallest absolute Gasteiger partial charge is 0.317 e. The Morgan fingerprint density at radius 2 is 1.92 bits per heavy atom. The minimum Gasteiger partial charge on any atom is -0.480 e. The van der Waals surface area contributed by atoms with Gasteiger partial charge in [0, 0.05) is 6.54 Å². The molecule has 0 aromatic carbocycles. The Bertz CT molecular complexity index is 187. The number of nitrogens with two attached hydrogens (primary N) is 1. The van der Waals surface area contributed by atoms with Gasteiger partial charge in [0.05, 0.1) is 13.1 Å². The lowest BCUT2D eigenvalue weighted by molar-refractivity contribution is -0.138. The number of carboxylic acids is 1. The molecular formula is C8H14N2O3. The van der Waals surface area contributed by atoms with Crippen LogP contribution < -0.4 is 5.73 Å². The average Bonchev–Trinajstić information content (AvgIpc) is 1.80. The van der Waals surface area contributed by atoms with E-state index in [9.17, 15) is 9.59 Å². The summed E-state index contributed by atoms with van der Waals surface area (Å²) in [6.45, 7) is 5.50. The molecule has 0 aromatic rings. The van der Waals surface area contributed by atoms with Crippen LogP contribution in [-0.2, 0) is 9.59 Å². The highest BCUT2D eigenvalue weighted by molar-refractivity contribution is 5.77. The highest BCUT2D eigenvalue weighted by atomic mass is 16.4. The predicted molar refractivity (Wildman–Crippen MR) is 48.1 cm³/mol. The second kappa shape index (κ2) is 5.31. The summed E-state index contributed by atoms with van der Waals surface area (Å²) in [5.41, 5.74) is 5.74. The van der Waals surface area contributed by atoms with Crippen LogP contribution in [0.1, 0.15) is 6.92 Å². The van der Waals surface area contributed by atoms with Gasteiger partial charge < -0.3 is 10.8 Å². The van der Waals surface area contributed by atoms with Gasteiger partial charge in [-0.15, -0.1) is 0 Å². The Labute approximate surface area is 76.8 Å².